The van der Waals surface area contributed by atoms with Gasteiger partial charge in [-0.05, 0) is 18.8 Å². The zero-order chi connectivity index (χ0) is 6.27. The van der Waals surface area contributed by atoms with Crippen LogP contribution < -0.4 is 5.73 Å². The summed E-state index contributed by atoms with van der Waals surface area (Å²) in [7, 11) is 0. The van der Waals surface area contributed by atoms with E-state index >= 15 is 0 Å². The molecule has 3 rings (SSSR count). The molecule has 2 heterocycles. The second-order valence-electron chi connectivity index (χ2n) is 3.27. The van der Waals surface area contributed by atoms with Crippen molar-refractivity contribution in [1.82, 2.24) is 4.90 Å². The summed E-state index contributed by atoms with van der Waals surface area (Å²) in [5.74, 6) is 1.04. The Morgan fingerprint density at radius 2 is 2.22 bits per heavy atom. The van der Waals surface area contributed by atoms with Gasteiger partial charge in [0.25, 0.3) is 0 Å². The first kappa shape index (κ1) is 5.69. The van der Waals surface area contributed by atoms with Crippen molar-refractivity contribution in [3.8, 4) is 0 Å². The third kappa shape index (κ3) is 0.775. The van der Waals surface area contributed by atoms with Gasteiger partial charge in [0.1, 0.15) is 0 Å². The number of fused-ring (bicyclic) bond motifs is 1. The molecule has 2 nitrogen and oxygen atoms in total. The highest BCUT2D eigenvalue weighted by atomic mass is 15.2. The van der Waals surface area contributed by atoms with Gasteiger partial charge in [0.05, 0.1) is 0 Å². The molecule has 2 N–H and O–H groups in total. The molecule has 2 bridgehead atoms. The maximum Gasteiger partial charge on any atom is 0.0108 e. The third-order valence-electron chi connectivity index (χ3n) is 2.64. The van der Waals surface area contributed by atoms with Crippen molar-refractivity contribution in [2.45, 2.75) is 18.9 Å². The zero-order valence-corrected chi connectivity index (χ0v) is 5.71. The normalized spacial score (nSPS) is 41.0. The first-order valence-corrected chi connectivity index (χ1v) is 3.84. The monoisotopic (exact) mass is 126 g/mol. The first-order valence-electron chi connectivity index (χ1n) is 3.84. The molecular formula is C7H14N2. The third-order valence-corrected chi connectivity index (χ3v) is 2.64. The van der Waals surface area contributed by atoms with Crippen LogP contribution in [0.4, 0.5) is 0 Å². The van der Waals surface area contributed by atoms with Gasteiger partial charge in [-0.25, -0.2) is 0 Å². The van der Waals surface area contributed by atoms with Gasteiger partial charge in [0, 0.05) is 25.7 Å². The molecule has 9 heavy (non-hydrogen) atoms. The molecule has 0 atom stereocenters. The Labute approximate surface area is 56.0 Å². The molecule has 2 aliphatic heterocycles. The van der Waals surface area contributed by atoms with E-state index in [1.165, 1.54) is 19.4 Å². The van der Waals surface area contributed by atoms with E-state index in [4.69, 9.17) is 5.73 Å². The molecule has 0 unspecified atom stereocenters. The highest BCUT2D eigenvalue weighted by Gasteiger charge is 2.41. The Morgan fingerprint density at radius 1 is 1.44 bits per heavy atom. The van der Waals surface area contributed by atoms with Crippen LogP contribution >= 0.6 is 0 Å². The molecule has 52 valence electrons. The van der Waals surface area contributed by atoms with Crippen molar-refractivity contribution in [2.24, 2.45) is 11.7 Å². The SMILES string of the molecule is NCCN1CC2CC1C2. The summed E-state index contributed by atoms with van der Waals surface area (Å²) in [5.41, 5.74) is 5.45. The molecule has 1 aliphatic carbocycles. The highest BCUT2D eigenvalue weighted by molar-refractivity contribution is 4.96. The van der Waals surface area contributed by atoms with Crippen LogP contribution in [0.15, 0.2) is 0 Å². The minimum absolute atomic E-state index is 0.837. The Kier molecular flexibility index (Phi) is 1.24. The van der Waals surface area contributed by atoms with E-state index in [0.29, 0.717) is 0 Å². The number of nitrogens with zero attached hydrogens (tertiary/aromatic N) is 1. The van der Waals surface area contributed by atoms with E-state index in [9.17, 15) is 0 Å². The average Bonchev–Trinajstić information content (AvgIpc) is 2.20. The van der Waals surface area contributed by atoms with Gasteiger partial charge in [-0.3, -0.25) is 4.90 Å². The minimum Gasteiger partial charge on any atom is -0.329 e. The fourth-order valence-electron chi connectivity index (χ4n) is 2.07. The van der Waals surface area contributed by atoms with Crippen molar-refractivity contribution in [3.05, 3.63) is 0 Å². The fraction of sp³-hybridized carbons (Fsp3) is 1.00. The molecular weight excluding hydrogens is 112 g/mol. The number of rotatable bonds is 2. The molecule has 0 spiro atoms. The van der Waals surface area contributed by atoms with E-state index in [2.05, 4.69) is 4.90 Å². The lowest BCUT2D eigenvalue weighted by Crippen LogP contribution is -2.32. The Balaban J connectivity index is 1.86. The van der Waals surface area contributed by atoms with Gasteiger partial charge in [-0.15, -0.1) is 0 Å². The lowest BCUT2D eigenvalue weighted by Gasteiger charge is -2.25. The number of hydrogen-bond donors (Lipinski definition) is 1. The van der Waals surface area contributed by atoms with E-state index in [-0.39, 0.29) is 0 Å². The Morgan fingerprint density at radius 3 is 2.67 bits per heavy atom. The predicted octanol–water partition coefficient (Wildman–Crippen LogP) is 0.0393. The van der Waals surface area contributed by atoms with Gasteiger partial charge in [0.2, 0.25) is 0 Å². The molecule has 0 aromatic heterocycles. The second kappa shape index (κ2) is 1.96. The topological polar surface area (TPSA) is 29.3 Å². The van der Waals surface area contributed by atoms with Crippen molar-refractivity contribution in [3.63, 3.8) is 0 Å². The van der Waals surface area contributed by atoms with E-state index in [1.807, 2.05) is 0 Å². The first-order chi connectivity index (χ1) is 4.40. The lowest BCUT2D eigenvalue weighted by molar-refractivity contribution is 0.251. The molecule has 1 saturated carbocycles. The zero-order valence-electron chi connectivity index (χ0n) is 5.71. The number of nitrogens with two attached hydrogens (primary N) is 1. The van der Waals surface area contributed by atoms with Crippen molar-refractivity contribution in [1.29, 1.82) is 0 Å². The van der Waals surface area contributed by atoms with Crippen LogP contribution in [0.3, 0.4) is 0 Å². The molecule has 2 saturated heterocycles. The quantitative estimate of drug-likeness (QED) is 0.566. The van der Waals surface area contributed by atoms with E-state index in [0.717, 1.165) is 25.0 Å². The van der Waals surface area contributed by atoms with Crippen LogP contribution in [-0.2, 0) is 0 Å². The molecule has 0 amide bonds. The van der Waals surface area contributed by atoms with Crippen molar-refractivity contribution in [2.75, 3.05) is 19.6 Å². The van der Waals surface area contributed by atoms with Crippen LogP contribution in [0, 0.1) is 5.92 Å². The minimum atomic E-state index is 0.837. The standard InChI is InChI=1S/C7H14N2/c8-1-2-9-5-6-3-7(9)4-6/h6-7H,1-5,8H2. The largest absolute Gasteiger partial charge is 0.329 e. The molecule has 0 radical (unpaired) electrons. The van der Waals surface area contributed by atoms with Gasteiger partial charge in [-0.1, -0.05) is 0 Å². The number of hydrogen-bond acceptors (Lipinski definition) is 2. The van der Waals surface area contributed by atoms with Gasteiger partial charge < -0.3 is 5.73 Å². The molecule has 0 aromatic rings. The van der Waals surface area contributed by atoms with Crippen molar-refractivity contribution < 1.29 is 0 Å². The highest BCUT2D eigenvalue weighted by Crippen LogP contribution is 2.39. The average molecular weight is 126 g/mol. The second-order valence-corrected chi connectivity index (χ2v) is 3.27. The summed E-state index contributed by atoms with van der Waals surface area (Å²) in [5, 5.41) is 0. The van der Waals surface area contributed by atoms with Crippen LogP contribution in [-0.4, -0.2) is 30.6 Å². The molecule has 3 fully saturated rings. The summed E-state index contributed by atoms with van der Waals surface area (Å²) in [4.78, 5) is 2.53. The summed E-state index contributed by atoms with van der Waals surface area (Å²) < 4.78 is 0. The smallest absolute Gasteiger partial charge is 0.0108 e. The lowest BCUT2D eigenvalue weighted by atomic mass is 9.86. The van der Waals surface area contributed by atoms with Crippen LogP contribution in [0.2, 0.25) is 0 Å². The fourth-order valence-corrected chi connectivity index (χ4v) is 2.07. The van der Waals surface area contributed by atoms with Crippen LogP contribution in [0.25, 0.3) is 0 Å². The molecule has 2 heteroatoms. The predicted molar refractivity (Wildman–Crippen MR) is 37.1 cm³/mol. The van der Waals surface area contributed by atoms with Gasteiger partial charge in [0.15, 0.2) is 0 Å². The maximum atomic E-state index is 5.45. The van der Waals surface area contributed by atoms with Gasteiger partial charge >= 0.3 is 0 Å². The maximum absolute atomic E-state index is 5.45. The molecule has 3 aliphatic rings. The van der Waals surface area contributed by atoms with E-state index in [1.54, 1.807) is 0 Å². The van der Waals surface area contributed by atoms with E-state index < -0.39 is 0 Å². The Hall–Kier alpha value is -0.0800. The van der Waals surface area contributed by atoms with Crippen LogP contribution in [0.1, 0.15) is 12.8 Å². The summed E-state index contributed by atoms with van der Waals surface area (Å²) in [6, 6.07) is 0.929. The van der Waals surface area contributed by atoms with Gasteiger partial charge in [-0.2, -0.15) is 0 Å². The Bertz CT molecular complexity index is 107. The van der Waals surface area contributed by atoms with Crippen molar-refractivity contribution >= 4 is 0 Å². The summed E-state index contributed by atoms with van der Waals surface area (Å²) in [6.45, 7) is 3.30. The summed E-state index contributed by atoms with van der Waals surface area (Å²) in [6.07, 6.45) is 2.92. The molecule has 0 aromatic carbocycles. The summed E-state index contributed by atoms with van der Waals surface area (Å²) >= 11 is 0. The van der Waals surface area contributed by atoms with Crippen LogP contribution in [0.5, 0.6) is 0 Å².